The Labute approximate surface area is 194 Å². The molecule has 1 N–H and O–H groups in total. The van der Waals surface area contributed by atoms with Gasteiger partial charge in [0.1, 0.15) is 11.4 Å². The van der Waals surface area contributed by atoms with E-state index in [9.17, 15) is 13.2 Å². The molecule has 1 unspecified atom stereocenters. The topological polar surface area (TPSA) is 75.6 Å². The number of nitrogens with one attached hydrogen (secondary N) is 1. The molecule has 2 aliphatic heterocycles. The first-order chi connectivity index (χ1) is 16.5. The summed E-state index contributed by atoms with van der Waals surface area (Å²) >= 11 is 0. The number of pyridine rings is 1. The minimum absolute atomic E-state index is 0.00284. The summed E-state index contributed by atoms with van der Waals surface area (Å²) in [6.07, 6.45) is -1.62. The zero-order valence-electron chi connectivity index (χ0n) is 18.2. The second kappa shape index (κ2) is 9.43. The zero-order valence-corrected chi connectivity index (χ0v) is 18.2. The number of nitrogens with zero attached hydrogens (tertiary/aromatic N) is 5. The number of hydrogen-bond acceptors (Lipinski definition) is 8. The Kier molecular flexibility index (Phi) is 6.20. The van der Waals surface area contributed by atoms with Crippen molar-refractivity contribution in [3.63, 3.8) is 0 Å². The predicted molar refractivity (Wildman–Crippen MR) is 120 cm³/mol. The molecule has 2 fully saturated rings. The number of anilines is 4. The number of hydroxylamine groups is 1. The minimum Gasteiger partial charge on any atom is -0.378 e. The Morgan fingerprint density at radius 1 is 0.941 bits per heavy atom. The number of aromatic nitrogens is 3. The van der Waals surface area contributed by atoms with Gasteiger partial charge in [0.15, 0.2) is 5.82 Å². The Balaban J connectivity index is 1.41. The highest BCUT2D eigenvalue weighted by Crippen LogP contribution is 2.41. The molecule has 3 aromatic rings. The first-order valence-corrected chi connectivity index (χ1v) is 11.0. The van der Waals surface area contributed by atoms with Crippen molar-refractivity contribution in [1.82, 2.24) is 15.0 Å². The van der Waals surface area contributed by atoms with Crippen LogP contribution in [0.5, 0.6) is 0 Å². The molecular weight excluding hydrogens is 449 g/mol. The highest BCUT2D eigenvalue weighted by atomic mass is 19.4. The maximum atomic E-state index is 13.8. The smallest absolute Gasteiger partial charge is 0.378 e. The lowest BCUT2D eigenvalue weighted by Gasteiger charge is -2.28. The SMILES string of the molecule is FC(F)(F)c1cnc(Nc2ccc(N3CCOCC3)cn2)nc1N1OCCC1c1ccccc1. The molecule has 2 aliphatic rings. The maximum absolute atomic E-state index is 13.8. The van der Waals surface area contributed by atoms with E-state index in [1.165, 1.54) is 5.06 Å². The summed E-state index contributed by atoms with van der Waals surface area (Å²) in [5.74, 6) is 0.0860. The fourth-order valence-electron chi connectivity index (χ4n) is 4.04. The van der Waals surface area contributed by atoms with Gasteiger partial charge in [-0.25, -0.2) is 15.0 Å². The fourth-order valence-corrected chi connectivity index (χ4v) is 4.04. The van der Waals surface area contributed by atoms with Gasteiger partial charge in [-0.3, -0.25) is 4.84 Å². The standard InChI is InChI=1S/C23H23F3N6O2/c24-23(25,26)18-15-28-22(29-20-7-6-17(14-27-20)31-9-12-33-13-10-31)30-21(18)32-19(8-11-34-32)16-4-2-1-3-5-16/h1-7,14-15,19H,8-13H2,(H,27,28,29,30). The molecular formula is C23H23F3N6O2. The van der Waals surface area contributed by atoms with Crippen LogP contribution >= 0.6 is 0 Å². The van der Waals surface area contributed by atoms with Gasteiger partial charge < -0.3 is 15.0 Å². The van der Waals surface area contributed by atoms with Crippen molar-refractivity contribution < 1.29 is 22.7 Å². The van der Waals surface area contributed by atoms with E-state index in [1.54, 1.807) is 12.3 Å². The predicted octanol–water partition coefficient (Wildman–Crippen LogP) is 4.35. The van der Waals surface area contributed by atoms with E-state index < -0.39 is 17.8 Å². The van der Waals surface area contributed by atoms with E-state index in [4.69, 9.17) is 9.57 Å². The molecule has 0 spiro atoms. The van der Waals surface area contributed by atoms with E-state index in [0.717, 1.165) is 30.5 Å². The van der Waals surface area contributed by atoms with E-state index in [2.05, 4.69) is 25.2 Å². The van der Waals surface area contributed by atoms with Crippen LogP contribution in [0.25, 0.3) is 0 Å². The summed E-state index contributed by atoms with van der Waals surface area (Å²) in [7, 11) is 0. The molecule has 4 heterocycles. The molecule has 0 radical (unpaired) electrons. The second-order valence-corrected chi connectivity index (χ2v) is 7.93. The molecule has 0 amide bonds. The molecule has 2 aromatic heterocycles. The number of halogens is 3. The number of morpholine rings is 1. The quantitative estimate of drug-likeness (QED) is 0.588. The molecule has 2 saturated heterocycles. The van der Waals surface area contributed by atoms with Crippen LogP contribution in [-0.4, -0.2) is 47.9 Å². The van der Waals surface area contributed by atoms with Gasteiger partial charge in [-0.1, -0.05) is 30.3 Å². The van der Waals surface area contributed by atoms with Crippen molar-refractivity contribution in [3.8, 4) is 0 Å². The molecule has 178 valence electrons. The molecule has 0 aliphatic carbocycles. The van der Waals surface area contributed by atoms with Gasteiger partial charge in [0.05, 0.1) is 37.7 Å². The van der Waals surface area contributed by atoms with Crippen LogP contribution in [0.1, 0.15) is 23.6 Å². The summed E-state index contributed by atoms with van der Waals surface area (Å²) in [5.41, 5.74) is 0.831. The summed E-state index contributed by atoms with van der Waals surface area (Å²) in [6.45, 7) is 3.15. The van der Waals surface area contributed by atoms with Crippen molar-refractivity contribution in [2.45, 2.75) is 18.6 Å². The van der Waals surface area contributed by atoms with Crippen LogP contribution in [0.4, 0.5) is 36.4 Å². The van der Waals surface area contributed by atoms with Gasteiger partial charge >= 0.3 is 6.18 Å². The maximum Gasteiger partial charge on any atom is 0.421 e. The number of alkyl halides is 3. The normalized spacial score (nSPS) is 18.9. The monoisotopic (exact) mass is 472 g/mol. The lowest BCUT2D eigenvalue weighted by atomic mass is 10.0. The van der Waals surface area contributed by atoms with Crippen LogP contribution in [-0.2, 0) is 15.8 Å². The van der Waals surface area contributed by atoms with Gasteiger partial charge in [-0.2, -0.15) is 18.2 Å². The Bertz CT molecular complexity index is 1110. The van der Waals surface area contributed by atoms with Crippen molar-refractivity contribution >= 4 is 23.3 Å². The molecule has 1 aromatic carbocycles. The van der Waals surface area contributed by atoms with Gasteiger partial charge in [0.25, 0.3) is 0 Å². The highest BCUT2D eigenvalue weighted by molar-refractivity contribution is 5.57. The number of ether oxygens (including phenoxy) is 1. The number of hydrogen-bond donors (Lipinski definition) is 1. The van der Waals surface area contributed by atoms with Crippen molar-refractivity contribution in [2.75, 3.05) is 48.2 Å². The molecule has 0 bridgehead atoms. The first-order valence-electron chi connectivity index (χ1n) is 11.0. The van der Waals surface area contributed by atoms with Crippen LogP contribution in [0.3, 0.4) is 0 Å². The average Bonchev–Trinajstić information content (AvgIpc) is 3.35. The third kappa shape index (κ3) is 4.75. The van der Waals surface area contributed by atoms with E-state index in [1.807, 2.05) is 36.4 Å². The van der Waals surface area contributed by atoms with E-state index >= 15 is 0 Å². The Hall–Kier alpha value is -3.44. The van der Waals surface area contributed by atoms with Crippen LogP contribution in [0.2, 0.25) is 0 Å². The van der Waals surface area contributed by atoms with Crippen LogP contribution < -0.4 is 15.3 Å². The van der Waals surface area contributed by atoms with Gasteiger partial charge in [0, 0.05) is 25.7 Å². The lowest BCUT2D eigenvalue weighted by Crippen LogP contribution is -2.36. The zero-order chi connectivity index (χ0) is 23.5. The summed E-state index contributed by atoms with van der Waals surface area (Å²) in [5, 5.41) is 4.14. The highest BCUT2D eigenvalue weighted by Gasteiger charge is 2.40. The largest absolute Gasteiger partial charge is 0.421 e. The average molecular weight is 472 g/mol. The van der Waals surface area contributed by atoms with Crippen molar-refractivity contribution in [1.29, 1.82) is 0 Å². The minimum atomic E-state index is -4.64. The van der Waals surface area contributed by atoms with E-state index in [0.29, 0.717) is 25.5 Å². The lowest BCUT2D eigenvalue weighted by molar-refractivity contribution is -0.138. The summed E-state index contributed by atoms with van der Waals surface area (Å²) in [6, 6.07) is 12.5. The van der Waals surface area contributed by atoms with Crippen molar-refractivity contribution in [3.05, 3.63) is 66.0 Å². The van der Waals surface area contributed by atoms with E-state index in [-0.39, 0.29) is 18.4 Å². The number of benzene rings is 1. The molecule has 8 nitrogen and oxygen atoms in total. The van der Waals surface area contributed by atoms with Gasteiger partial charge in [-0.05, 0) is 17.7 Å². The molecule has 5 rings (SSSR count). The summed E-state index contributed by atoms with van der Waals surface area (Å²) < 4.78 is 46.8. The third-order valence-electron chi connectivity index (χ3n) is 5.74. The Morgan fingerprint density at radius 2 is 1.74 bits per heavy atom. The molecule has 0 saturated carbocycles. The molecule has 1 atom stereocenters. The van der Waals surface area contributed by atoms with Gasteiger partial charge in [-0.15, -0.1) is 0 Å². The van der Waals surface area contributed by atoms with Gasteiger partial charge in [0.2, 0.25) is 5.95 Å². The van der Waals surface area contributed by atoms with Crippen LogP contribution in [0, 0.1) is 0 Å². The first kappa shape index (κ1) is 22.4. The van der Waals surface area contributed by atoms with Crippen molar-refractivity contribution in [2.24, 2.45) is 0 Å². The third-order valence-corrected chi connectivity index (χ3v) is 5.74. The second-order valence-electron chi connectivity index (χ2n) is 7.93. The molecule has 11 heteroatoms. The molecule has 34 heavy (non-hydrogen) atoms. The summed E-state index contributed by atoms with van der Waals surface area (Å²) in [4.78, 5) is 20.2. The fraction of sp³-hybridized carbons (Fsp3) is 0.348. The Morgan fingerprint density at radius 3 is 2.44 bits per heavy atom. The van der Waals surface area contributed by atoms with Crippen LogP contribution in [0.15, 0.2) is 54.9 Å². The number of rotatable bonds is 5.